The number of carbonyl (C=O) groups excluding carboxylic acids is 2. The standard InChI is InChI=1S/C21H16N2O4/c24-19(14-7-3-1-4-8-14)22-16-11-12-17(21(26)27)18(13-16)23-20(25)15-9-5-2-6-10-15/h1-13H,(H,22,24)(H,23,25)(H,26,27). The van der Waals surface area contributed by atoms with Crippen LogP contribution in [-0.4, -0.2) is 22.9 Å². The van der Waals surface area contributed by atoms with Gasteiger partial charge in [-0.3, -0.25) is 9.59 Å². The first-order valence-corrected chi connectivity index (χ1v) is 8.15. The van der Waals surface area contributed by atoms with Crippen LogP contribution in [0.4, 0.5) is 11.4 Å². The van der Waals surface area contributed by atoms with Crippen LogP contribution in [-0.2, 0) is 0 Å². The van der Waals surface area contributed by atoms with Gasteiger partial charge in [0.25, 0.3) is 11.8 Å². The number of rotatable bonds is 5. The number of nitrogens with one attached hydrogen (secondary N) is 2. The highest BCUT2D eigenvalue weighted by Gasteiger charge is 2.15. The number of carbonyl (C=O) groups is 3. The van der Waals surface area contributed by atoms with Crippen LogP contribution in [0.15, 0.2) is 78.9 Å². The summed E-state index contributed by atoms with van der Waals surface area (Å²) in [4.78, 5) is 36.1. The van der Waals surface area contributed by atoms with Crippen molar-refractivity contribution in [3.8, 4) is 0 Å². The molecular formula is C21H16N2O4. The minimum absolute atomic E-state index is 0.0722. The molecular weight excluding hydrogens is 344 g/mol. The number of amides is 2. The first-order valence-electron chi connectivity index (χ1n) is 8.15. The molecule has 0 aliphatic rings. The molecule has 0 fully saturated rings. The maximum Gasteiger partial charge on any atom is 0.337 e. The Labute approximate surface area is 155 Å². The van der Waals surface area contributed by atoms with E-state index >= 15 is 0 Å². The fraction of sp³-hybridized carbons (Fsp3) is 0. The van der Waals surface area contributed by atoms with Crippen molar-refractivity contribution >= 4 is 29.2 Å². The molecule has 6 nitrogen and oxygen atoms in total. The van der Waals surface area contributed by atoms with Crippen molar-refractivity contribution in [1.29, 1.82) is 0 Å². The minimum atomic E-state index is -1.18. The Hall–Kier alpha value is -3.93. The van der Waals surface area contributed by atoms with Gasteiger partial charge in [-0.05, 0) is 42.5 Å². The third kappa shape index (κ3) is 4.38. The lowest BCUT2D eigenvalue weighted by Gasteiger charge is -2.12. The zero-order valence-corrected chi connectivity index (χ0v) is 14.2. The van der Waals surface area contributed by atoms with Crippen molar-refractivity contribution < 1.29 is 19.5 Å². The normalized spacial score (nSPS) is 10.1. The van der Waals surface area contributed by atoms with Crippen molar-refractivity contribution in [1.82, 2.24) is 0 Å². The molecule has 3 rings (SSSR count). The van der Waals surface area contributed by atoms with Crippen LogP contribution in [0.2, 0.25) is 0 Å². The summed E-state index contributed by atoms with van der Waals surface area (Å²) in [6, 6.07) is 21.3. The van der Waals surface area contributed by atoms with Crippen molar-refractivity contribution in [2.24, 2.45) is 0 Å². The number of anilines is 2. The molecule has 0 radical (unpaired) electrons. The Kier molecular flexibility index (Phi) is 5.28. The van der Waals surface area contributed by atoms with Gasteiger partial charge in [0.05, 0.1) is 11.3 Å². The van der Waals surface area contributed by atoms with E-state index in [1.807, 2.05) is 0 Å². The van der Waals surface area contributed by atoms with Crippen LogP contribution < -0.4 is 10.6 Å². The number of benzene rings is 3. The highest BCUT2D eigenvalue weighted by molar-refractivity contribution is 6.09. The summed E-state index contributed by atoms with van der Waals surface area (Å²) in [6.07, 6.45) is 0. The van der Waals surface area contributed by atoms with E-state index in [0.717, 1.165) is 0 Å². The summed E-state index contributed by atoms with van der Waals surface area (Å²) in [7, 11) is 0. The van der Waals surface area contributed by atoms with Crippen molar-refractivity contribution in [2.45, 2.75) is 0 Å². The average molecular weight is 360 g/mol. The number of aromatic carboxylic acids is 1. The lowest BCUT2D eigenvalue weighted by molar-refractivity contribution is 0.0698. The molecule has 3 aromatic carbocycles. The molecule has 0 saturated carbocycles. The van der Waals surface area contributed by atoms with Gasteiger partial charge in [-0.25, -0.2) is 4.79 Å². The molecule has 0 heterocycles. The topological polar surface area (TPSA) is 95.5 Å². The molecule has 0 spiro atoms. The zero-order chi connectivity index (χ0) is 19.2. The maximum absolute atomic E-state index is 12.4. The van der Waals surface area contributed by atoms with E-state index in [0.29, 0.717) is 16.8 Å². The second-order valence-electron chi connectivity index (χ2n) is 5.71. The molecule has 3 aromatic rings. The second kappa shape index (κ2) is 7.97. The Bertz CT molecular complexity index is 986. The van der Waals surface area contributed by atoms with Gasteiger partial charge in [-0.2, -0.15) is 0 Å². The summed E-state index contributed by atoms with van der Waals surface area (Å²) in [5, 5.41) is 14.6. The first kappa shape index (κ1) is 17.9. The molecule has 0 aliphatic heterocycles. The minimum Gasteiger partial charge on any atom is -0.478 e. The molecule has 0 bridgehead atoms. The number of carboxylic acid groups (broad SMARTS) is 1. The highest BCUT2D eigenvalue weighted by Crippen LogP contribution is 2.22. The van der Waals surface area contributed by atoms with E-state index < -0.39 is 11.9 Å². The van der Waals surface area contributed by atoms with Crippen LogP contribution >= 0.6 is 0 Å². The molecule has 0 saturated heterocycles. The summed E-state index contributed by atoms with van der Waals surface area (Å²) in [6.45, 7) is 0. The van der Waals surface area contributed by atoms with Crippen LogP contribution in [0, 0.1) is 0 Å². The van der Waals surface area contributed by atoms with E-state index in [4.69, 9.17) is 0 Å². The molecule has 2 amide bonds. The summed E-state index contributed by atoms with van der Waals surface area (Å²) >= 11 is 0. The van der Waals surface area contributed by atoms with E-state index in [9.17, 15) is 19.5 Å². The molecule has 6 heteroatoms. The Balaban J connectivity index is 1.85. The number of hydrogen-bond acceptors (Lipinski definition) is 3. The molecule has 0 atom stereocenters. The van der Waals surface area contributed by atoms with Gasteiger partial charge in [0, 0.05) is 16.8 Å². The monoisotopic (exact) mass is 360 g/mol. The van der Waals surface area contributed by atoms with Gasteiger partial charge in [-0.1, -0.05) is 36.4 Å². The van der Waals surface area contributed by atoms with Crippen LogP contribution in [0.1, 0.15) is 31.1 Å². The van der Waals surface area contributed by atoms with Gasteiger partial charge in [-0.15, -0.1) is 0 Å². The molecule has 0 unspecified atom stereocenters. The number of carboxylic acids is 1. The Morgan fingerprint density at radius 2 is 1.19 bits per heavy atom. The highest BCUT2D eigenvalue weighted by atomic mass is 16.4. The van der Waals surface area contributed by atoms with E-state index in [1.165, 1.54) is 18.2 Å². The van der Waals surface area contributed by atoms with Crippen LogP contribution in [0.25, 0.3) is 0 Å². The third-order valence-corrected chi connectivity index (χ3v) is 3.83. The lowest BCUT2D eigenvalue weighted by Crippen LogP contribution is -2.16. The molecule has 0 aliphatic carbocycles. The number of hydrogen-bond donors (Lipinski definition) is 3. The molecule has 0 aromatic heterocycles. The summed E-state index contributed by atoms with van der Waals surface area (Å²) in [5.74, 6) is -1.96. The first-order chi connectivity index (χ1) is 13.0. The summed E-state index contributed by atoms with van der Waals surface area (Å²) < 4.78 is 0. The molecule has 134 valence electrons. The molecule has 27 heavy (non-hydrogen) atoms. The SMILES string of the molecule is O=C(Nc1ccc(C(=O)O)c(NC(=O)c2ccccc2)c1)c1ccccc1. The van der Waals surface area contributed by atoms with E-state index in [-0.39, 0.29) is 17.2 Å². The van der Waals surface area contributed by atoms with E-state index in [1.54, 1.807) is 60.7 Å². The van der Waals surface area contributed by atoms with Gasteiger partial charge >= 0.3 is 5.97 Å². The fourth-order valence-corrected chi connectivity index (χ4v) is 2.49. The predicted octanol–water partition coefficient (Wildman–Crippen LogP) is 3.89. The van der Waals surface area contributed by atoms with Crippen LogP contribution in [0.3, 0.4) is 0 Å². The lowest BCUT2D eigenvalue weighted by atomic mass is 10.1. The van der Waals surface area contributed by atoms with Crippen molar-refractivity contribution in [3.63, 3.8) is 0 Å². The third-order valence-electron chi connectivity index (χ3n) is 3.83. The van der Waals surface area contributed by atoms with Gasteiger partial charge in [0.2, 0.25) is 0 Å². The Morgan fingerprint density at radius 1 is 0.667 bits per heavy atom. The fourth-order valence-electron chi connectivity index (χ4n) is 2.49. The summed E-state index contributed by atoms with van der Waals surface area (Å²) in [5.41, 5.74) is 1.26. The Morgan fingerprint density at radius 3 is 1.70 bits per heavy atom. The quantitative estimate of drug-likeness (QED) is 0.643. The zero-order valence-electron chi connectivity index (χ0n) is 14.2. The molecule has 3 N–H and O–H groups in total. The van der Waals surface area contributed by atoms with Gasteiger partial charge in [0.15, 0.2) is 0 Å². The smallest absolute Gasteiger partial charge is 0.337 e. The van der Waals surface area contributed by atoms with Gasteiger partial charge in [0.1, 0.15) is 0 Å². The van der Waals surface area contributed by atoms with Crippen LogP contribution in [0.5, 0.6) is 0 Å². The van der Waals surface area contributed by atoms with E-state index in [2.05, 4.69) is 10.6 Å². The average Bonchev–Trinajstić information content (AvgIpc) is 2.69. The predicted molar refractivity (Wildman–Crippen MR) is 102 cm³/mol. The van der Waals surface area contributed by atoms with Crippen molar-refractivity contribution in [3.05, 3.63) is 95.6 Å². The van der Waals surface area contributed by atoms with Crippen molar-refractivity contribution in [2.75, 3.05) is 10.6 Å². The second-order valence-corrected chi connectivity index (χ2v) is 5.71. The maximum atomic E-state index is 12.4. The largest absolute Gasteiger partial charge is 0.478 e. The van der Waals surface area contributed by atoms with Gasteiger partial charge < -0.3 is 15.7 Å².